The molecule has 2 aromatic heterocycles. The Bertz CT molecular complexity index is 553. The molecule has 0 aliphatic carbocycles. The Morgan fingerprint density at radius 2 is 2.28 bits per heavy atom. The molecular formula is C12H15ClN4O. The van der Waals surface area contributed by atoms with Crippen molar-refractivity contribution < 1.29 is 4.74 Å². The maximum atomic E-state index is 6.19. The fourth-order valence-electron chi connectivity index (χ4n) is 1.68. The zero-order valence-electron chi connectivity index (χ0n) is 10.4. The summed E-state index contributed by atoms with van der Waals surface area (Å²) in [6.07, 6.45) is 1.62. The highest BCUT2D eigenvalue weighted by Gasteiger charge is 2.13. The summed E-state index contributed by atoms with van der Waals surface area (Å²) in [5.41, 5.74) is 7.36. The van der Waals surface area contributed by atoms with Crippen molar-refractivity contribution in [3.05, 3.63) is 34.7 Å². The summed E-state index contributed by atoms with van der Waals surface area (Å²) >= 11 is 6.19. The molecule has 0 aliphatic heterocycles. The van der Waals surface area contributed by atoms with Crippen molar-refractivity contribution >= 4 is 17.4 Å². The zero-order valence-corrected chi connectivity index (χ0v) is 11.1. The summed E-state index contributed by atoms with van der Waals surface area (Å²) in [7, 11) is 0. The highest BCUT2D eigenvalue weighted by molar-refractivity contribution is 6.31. The molecule has 0 bridgehead atoms. The van der Waals surface area contributed by atoms with E-state index >= 15 is 0 Å². The lowest BCUT2D eigenvalue weighted by Crippen LogP contribution is -2.07. The highest BCUT2D eigenvalue weighted by atomic mass is 35.5. The molecule has 0 saturated heterocycles. The summed E-state index contributed by atoms with van der Waals surface area (Å²) in [6.45, 7) is 4.94. The average molecular weight is 267 g/mol. The van der Waals surface area contributed by atoms with Gasteiger partial charge in [0, 0.05) is 12.7 Å². The molecule has 6 heteroatoms. The number of aryl methyl sites for hydroxylation is 2. The molecule has 0 fully saturated rings. The Morgan fingerprint density at radius 3 is 2.94 bits per heavy atom. The Kier molecular flexibility index (Phi) is 3.72. The minimum atomic E-state index is 0.323. The van der Waals surface area contributed by atoms with E-state index in [0.29, 0.717) is 23.2 Å². The van der Waals surface area contributed by atoms with Crippen LogP contribution in [0.3, 0.4) is 0 Å². The standard InChI is InChI=1S/C12H15ClN4O/c1-3-17-9(11(13)8(2)16-17)7-18-10-5-4-6-15-12(10)14/h4-6H,3,7H2,1-2H3,(H2,14,15). The predicted molar refractivity (Wildman–Crippen MR) is 70.6 cm³/mol. The number of aromatic nitrogens is 3. The predicted octanol–water partition coefficient (Wildman–Crippen LogP) is 2.42. The Morgan fingerprint density at radius 1 is 1.50 bits per heavy atom. The Labute approximate surface area is 111 Å². The van der Waals surface area contributed by atoms with Crippen LogP contribution < -0.4 is 10.5 Å². The molecule has 0 unspecified atom stereocenters. The van der Waals surface area contributed by atoms with E-state index < -0.39 is 0 Å². The van der Waals surface area contributed by atoms with Gasteiger partial charge in [0.1, 0.15) is 6.61 Å². The Balaban J connectivity index is 2.18. The first kappa shape index (κ1) is 12.7. The topological polar surface area (TPSA) is 66.0 Å². The summed E-state index contributed by atoms with van der Waals surface area (Å²) < 4.78 is 7.45. The van der Waals surface area contributed by atoms with Crippen LogP contribution in [0.2, 0.25) is 5.02 Å². The van der Waals surface area contributed by atoms with Gasteiger partial charge in [-0.3, -0.25) is 4.68 Å². The van der Waals surface area contributed by atoms with E-state index in [1.54, 1.807) is 18.3 Å². The smallest absolute Gasteiger partial charge is 0.166 e. The molecule has 2 heterocycles. The lowest BCUT2D eigenvalue weighted by Gasteiger charge is -2.09. The van der Waals surface area contributed by atoms with Crippen molar-refractivity contribution in [1.82, 2.24) is 14.8 Å². The molecule has 0 aromatic carbocycles. The minimum absolute atomic E-state index is 0.323. The molecule has 5 nitrogen and oxygen atoms in total. The SMILES string of the molecule is CCn1nc(C)c(Cl)c1COc1cccnc1N. The highest BCUT2D eigenvalue weighted by Crippen LogP contribution is 2.24. The molecule has 2 aromatic rings. The van der Waals surface area contributed by atoms with E-state index in [4.69, 9.17) is 22.1 Å². The van der Waals surface area contributed by atoms with Crippen molar-refractivity contribution in [3.8, 4) is 5.75 Å². The van der Waals surface area contributed by atoms with Gasteiger partial charge in [-0.2, -0.15) is 5.10 Å². The number of pyridine rings is 1. The molecular weight excluding hydrogens is 252 g/mol. The number of hydrogen-bond donors (Lipinski definition) is 1. The second-order valence-electron chi connectivity index (χ2n) is 3.84. The zero-order chi connectivity index (χ0) is 13.1. The summed E-state index contributed by atoms with van der Waals surface area (Å²) in [5, 5.41) is 4.96. The van der Waals surface area contributed by atoms with Gasteiger partial charge >= 0.3 is 0 Å². The van der Waals surface area contributed by atoms with Crippen LogP contribution in [0.15, 0.2) is 18.3 Å². The summed E-state index contributed by atoms with van der Waals surface area (Å²) in [5.74, 6) is 0.919. The van der Waals surface area contributed by atoms with Gasteiger partial charge < -0.3 is 10.5 Å². The van der Waals surface area contributed by atoms with Gasteiger partial charge in [0.05, 0.1) is 16.4 Å². The number of anilines is 1. The quantitative estimate of drug-likeness (QED) is 0.923. The molecule has 0 amide bonds. The van der Waals surface area contributed by atoms with Gasteiger partial charge in [-0.25, -0.2) is 4.98 Å². The average Bonchev–Trinajstić information content (AvgIpc) is 2.65. The van der Waals surface area contributed by atoms with Crippen molar-refractivity contribution in [2.24, 2.45) is 0 Å². The lowest BCUT2D eigenvalue weighted by atomic mass is 10.3. The van der Waals surface area contributed by atoms with Gasteiger partial charge in [0.15, 0.2) is 11.6 Å². The van der Waals surface area contributed by atoms with E-state index in [1.807, 2.05) is 18.5 Å². The van der Waals surface area contributed by atoms with Gasteiger partial charge in [-0.1, -0.05) is 11.6 Å². The van der Waals surface area contributed by atoms with Gasteiger partial charge in [-0.15, -0.1) is 0 Å². The number of halogens is 1. The van der Waals surface area contributed by atoms with Gasteiger partial charge in [0.2, 0.25) is 0 Å². The second kappa shape index (κ2) is 5.27. The van der Waals surface area contributed by atoms with Crippen LogP contribution in [0.5, 0.6) is 5.75 Å². The van der Waals surface area contributed by atoms with Crippen LogP contribution in [0.4, 0.5) is 5.82 Å². The number of hydrogen-bond acceptors (Lipinski definition) is 4. The first-order chi connectivity index (χ1) is 8.63. The maximum Gasteiger partial charge on any atom is 0.166 e. The molecule has 0 saturated carbocycles. The Hall–Kier alpha value is -1.75. The van der Waals surface area contributed by atoms with E-state index in [9.17, 15) is 0 Å². The van der Waals surface area contributed by atoms with E-state index in [0.717, 1.165) is 17.9 Å². The molecule has 2 N–H and O–H groups in total. The molecule has 18 heavy (non-hydrogen) atoms. The third kappa shape index (κ3) is 2.41. The van der Waals surface area contributed by atoms with Crippen molar-refractivity contribution in [3.63, 3.8) is 0 Å². The van der Waals surface area contributed by atoms with Gasteiger partial charge in [-0.05, 0) is 26.0 Å². The molecule has 0 aliphatic rings. The largest absolute Gasteiger partial charge is 0.483 e. The second-order valence-corrected chi connectivity index (χ2v) is 4.22. The van der Waals surface area contributed by atoms with Crippen LogP contribution in [-0.2, 0) is 13.2 Å². The van der Waals surface area contributed by atoms with Crippen LogP contribution >= 0.6 is 11.6 Å². The number of rotatable bonds is 4. The number of nitrogens with two attached hydrogens (primary N) is 1. The molecule has 96 valence electrons. The third-order valence-corrected chi connectivity index (χ3v) is 3.11. The van der Waals surface area contributed by atoms with Crippen LogP contribution in [0.25, 0.3) is 0 Å². The normalized spacial score (nSPS) is 10.6. The van der Waals surface area contributed by atoms with Crippen molar-refractivity contribution in [1.29, 1.82) is 0 Å². The number of ether oxygens (including phenoxy) is 1. The van der Waals surface area contributed by atoms with E-state index in [2.05, 4.69) is 10.1 Å². The van der Waals surface area contributed by atoms with Crippen LogP contribution in [0, 0.1) is 6.92 Å². The summed E-state index contributed by atoms with van der Waals surface area (Å²) in [6, 6.07) is 3.55. The summed E-state index contributed by atoms with van der Waals surface area (Å²) in [4.78, 5) is 3.96. The van der Waals surface area contributed by atoms with Gasteiger partial charge in [0.25, 0.3) is 0 Å². The van der Waals surface area contributed by atoms with Crippen molar-refractivity contribution in [2.45, 2.75) is 27.0 Å². The van der Waals surface area contributed by atoms with E-state index in [-0.39, 0.29) is 0 Å². The van der Waals surface area contributed by atoms with Crippen LogP contribution in [0.1, 0.15) is 18.3 Å². The third-order valence-electron chi connectivity index (χ3n) is 2.62. The molecule has 0 radical (unpaired) electrons. The molecule has 2 rings (SSSR count). The number of nitrogen functional groups attached to an aromatic ring is 1. The maximum absolute atomic E-state index is 6.19. The lowest BCUT2D eigenvalue weighted by molar-refractivity contribution is 0.293. The fraction of sp³-hybridized carbons (Fsp3) is 0.333. The first-order valence-corrected chi connectivity index (χ1v) is 6.06. The van der Waals surface area contributed by atoms with E-state index in [1.165, 1.54) is 0 Å². The monoisotopic (exact) mass is 266 g/mol. The van der Waals surface area contributed by atoms with Crippen molar-refractivity contribution in [2.75, 3.05) is 5.73 Å². The number of nitrogens with zero attached hydrogens (tertiary/aromatic N) is 3. The fourth-order valence-corrected chi connectivity index (χ4v) is 1.87. The molecule has 0 spiro atoms. The first-order valence-electron chi connectivity index (χ1n) is 5.68. The minimum Gasteiger partial charge on any atom is -0.483 e. The molecule has 0 atom stereocenters. The van der Waals surface area contributed by atoms with Crippen LogP contribution in [-0.4, -0.2) is 14.8 Å².